The van der Waals surface area contributed by atoms with Crippen LogP contribution in [-0.4, -0.2) is 32.0 Å². The van der Waals surface area contributed by atoms with Gasteiger partial charge >= 0.3 is 0 Å². The van der Waals surface area contributed by atoms with Crippen LogP contribution in [0.1, 0.15) is 32.3 Å². The molecule has 1 amide bonds. The monoisotopic (exact) mass is 466 g/mol. The summed E-state index contributed by atoms with van der Waals surface area (Å²) in [5, 5.41) is 9.72. The van der Waals surface area contributed by atoms with Gasteiger partial charge in [-0.3, -0.25) is 9.79 Å². The van der Waals surface area contributed by atoms with E-state index in [2.05, 4.69) is 34.8 Å². The van der Waals surface area contributed by atoms with Crippen LogP contribution in [0.15, 0.2) is 23.2 Å². The number of carbonyl (C=O) groups is 1. The molecule has 0 spiro atoms. The third-order valence-corrected chi connectivity index (χ3v) is 3.59. The maximum atomic E-state index is 12.0. The summed E-state index contributed by atoms with van der Waals surface area (Å²) in [6.45, 7) is 7.69. The lowest BCUT2D eigenvalue weighted by molar-refractivity contribution is -0.116. The van der Waals surface area contributed by atoms with Crippen LogP contribution in [0.25, 0.3) is 0 Å². The molecule has 1 aromatic carbocycles. The fourth-order valence-electron chi connectivity index (χ4n) is 1.93. The van der Waals surface area contributed by atoms with Gasteiger partial charge in [0.25, 0.3) is 0 Å². The summed E-state index contributed by atoms with van der Waals surface area (Å²) in [6, 6.07) is 5.56. The molecule has 24 heavy (non-hydrogen) atoms. The lowest BCUT2D eigenvalue weighted by Crippen LogP contribution is -2.39. The van der Waals surface area contributed by atoms with Crippen molar-refractivity contribution in [1.29, 1.82) is 0 Å². The molecule has 7 heteroatoms. The Morgan fingerprint density at radius 1 is 1.25 bits per heavy atom. The van der Waals surface area contributed by atoms with E-state index < -0.39 is 0 Å². The highest BCUT2D eigenvalue weighted by atomic mass is 127. The van der Waals surface area contributed by atoms with Crippen molar-refractivity contribution in [2.24, 2.45) is 10.9 Å². The molecule has 0 saturated heterocycles. The van der Waals surface area contributed by atoms with Gasteiger partial charge in [0, 0.05) is 26.6 Å². The number of halogens is 2. The van der Waals surface area contributed by atoms with Crippen molar-refractivity contribution in [1.82, 2.24) is 10.6 Å². The average molecular weight is 467 g/mol. The summed E-state index contributed by atoms with van der Waals surface area (Å²) in [6.07, 6.45) is 1.42. The van der Waals surface area contributed by atoms with E-state index in [-0.39, 0.29) is 29.9 Å². The van der Waals surface area contributed by atoms with E-state index in [1.165, 1.54) is 0 Å². The minimum absolute atomic E-state index is 0. The largest absolute Gasteiger partial charge is 0.356 e. The van der Waals surface area contributed by atoms with Crippen molar-refractivity contribution < 1.29 is 4.79 Å². The number of aryl methyl sites for hydroxylation is 1. The molecule has 1 aromatic rings. The van der Waals surface area contributed by atoms with Gasteiger partial charge in [0.15, 0.2) is 5.96 Å². The van der Waals surface area contributed by atoms with E-state index in [4.69, 9.17) is 11.6 Å². The van der Waals surface area contributed by atoms with Gasteiger partial charge in [0.2, 0.25) is 5.91 Å². The Kier molecular flexibility index (Phi) is 11.8. The van der Waals surface area contributed by atoms with Crippen molar-refractivity contribution in [3.8, 4) is 0 Å². The molecule has 0 aliphatic rings. The highest BCUT2D eigenvalue weighted by Gasteiger charge is 2.06. The molecule has 1 rings (SSSR count). The topological polar surface area (TPSA) is 65.5 Å². The van der Waals surface area contributed by atoms with E-state index in [9.17, 15) is 4.79 Å². The van der Waals surface area contributed by atoms with Crippen molar-refractivity contribution in [2.75, 3.05) is 25.5 Å². The first-order chi connectivity index (χ1) is 10.9. The number of amides is 1. The van der Waals surface area contributed by atoms with Crippen LogP contribution in [0.4, 0.5) is 5.69 Å². The Bertz CT molecular complexity index is 549. The number of guanidine groups is 1. The molecule has 5 nitrogen and oxygen atoms in total. The molecule has 0 unspecified atom stereocenters. The van der Waals surface area contributed by atoms with Gasteiger partial charge in [0.1, 0.15) is 0 Å². The molecular weight excluding hydrogens is 439 g/mol. The third kappa shape index (κ3) is 9.32. The molecule has 0 heterocycles. The predicted molar refractivity (Wildman–Crippen MR) is 114 cm³/mol. The maximum Gasteiger partial charge on any atom is 0.226 e. The van der Waals surface area contributed by atoms with Crippen LogP contribution in [-0.2, 0) is 4.79 Å². The number of nitrogens with one attached hydrogen (secondary N) is 3. The second-order valence-corrected chi connectivity index (χ2v) is 6.30. The zero-order chi connectivity index (χ0) is 17.2. The van der Waals surface area contributed by atoms with Crippen LogP contribution in [0.5, 0.6) is 0 Å². The molecule has 0 aliphatic carbocycles. The van der Waals surface area contributed by atoms with E-state index in [0.717, 1.165) is 18.5 Å². The molecule has 136 valence electrons. The van der Waals surface area contributed by atoms with E-state index in [1.54, 1.807) is 7.05 Å². The van der Waals surface area contributed by atoms with Crippen LogP contribution < -0.4 is 16.0 Å². The van der Waals surface area contributed by atoms with E-state index in [0.29, 0.717) is 35.6 Å². The SMILES string of the molecule is CN=C(NCCC(=O)Nc1ccc(C)cc1Cl)NCCC(C)C.I. The Morgan fingerprint density at radius 3 is 2.50 bits per heavy atom. The second-order valence-electron chi connectivity index (χ2n) is 5.89. The normalized spacial score (nSPS) is 11.0. The van der Waals surface area contributed by atoms with Gasteiger partial charge in [-0.05, 0) is 37.0 Å². The minimum Gasteiger partial charge on any atom is -0.356 e. The number of hydrogen-bond donors (Lipinski definition) is 3. The van der Waals surface area contributed by atoms with Crippen molar-refractivity contribution in [2.45, 2.75) is 33.6 Å². The van der Waals surface area contributed by atoms with Gasteiger partial charge < -0.3 is 16.0 Å². The standard InChI is InChI=1S/C17H27ClN4O.HI/c1-12(2)7-9-20-17(19-4)21-10-8-16(23)22-15-6-5-13(3)11-14(15)18;/h5-6,11-12H,7-10H2,1-4H3,(H,22,23)(H2,19,20,21);1H. The highest BCUT2D eigenvalue weighted by molar-refractivity contribution is 14.0. The Morgan fingerprint density at radius 2 is 1.92 bits per heavy atom. The van der Waals surface area contributed by atoms with Gasteiger partial charge in [0.05, 0.1) is 10.7 Å². The fourth-order valence-corrected chi connectivity index (χ4v) is 2.21. The van der Waals surface area contributed by atoms with Crippen LogP contribution in [0.3, 0.4) is 0 Å². The first-order valence-corrected chi connectivity index (χ1v) is 8.30. The molecule has 3 N–H and O–H groups in total. The summed E-state index contributed by atoms with van der Waals surface area (Å²) in [5.41, 5.74) is 1.70. The minimum atomic E-state index is -0.0825. The maximum absolute atomic E-state index is 12.0. The molecule has 0 radical (unpaired) electrons. The van der Waals surface area contributed by atoms with E-state index in [1.807, 2.05) is 25.1 Å². The molecule has 0 fully saturated rings. The number of aliphatic imine (C=N–C) groups is 1. The number of carbonyl (C=O) groups excluding carboxylic acids is 1. The summed E-state index contributed by atoms with van der Waals surface area (Å²) in [7, 11) is 1.72. The third-order valence-electron chi connectivity index (χ3n) is 3.28. The van der Waals surface area contributed by atoms with Crippen molar-refractivity contribution >= 4 is 53.1 Å². The molecule has 0 saturated carbocycles. The number of anilines is 1. The van der Waals surface area contributed by atoms with Gasteiger partial charge in [-0.1, -0.05) is 31.5 Å². The summed E-state index contributed by atoms with van der Waals surface area (Å²) < 4.78 is 0. The van der Waals surface area contributed by atoms with E-state index >= 15 is 0 Å². The number of hydrogen-bond acceptors (Lipinski definition) is 2. The lowest BCUT2D eigenvalue weighted by Gasteiger charge is -2.13. The van der Waals surface area contributed by atoms with Gasteiger partial charge in [-0.2, -0.15) is 0 Å². The van der Waals surface area contributed by atoms with Gasteiger partial charge in [-0.15, -0.1) is 24.0 Å². The first-order valence-electron chi connectivity index (χ1n) is 7.93. The van der Waals surface area contributed by atoms with Crippen LogP contribution >= 0.6 is 35.6 Å². The number of benzene rings is 1. The first kappa shape index (κ1) is 23.0. The summed E-state index contributed by atoms with van der Waals surface area (Å²) >= 11 is 6.10. The Balaban J connectivity index is 0.00000529. The lowest BCUT2D eigenvalue weighted by atomic mass is 10.1. The fraction of sp³-hybridized carbons (Fsp3) is 0.529. The molecule has 0 aromatic heterocycles. The second kappa shape index (κ2) is 12.4. The zero-order valence-electron chi connectivity index (χ0n) is 14.8. The van der Waals surface area contributed by atoms with Gasteiger partial charge in [-0.25, -0.2) is 0 Å². The molecule has 0 bridgehead atoms. The number of nitrogens with zero attached hydrogens (tertiary/aromatic N) is 1. The van der Waals surface area contributed by atoms with Crippen molar-refractivity contribution in [3.05, 3.63) is 28.8 Å². The summed E-state index contributed by atoms with van der Waals surface area (Å²) in [5.74, 6) is 1.28. The quantitative estimate of drug-likeness (QED) is 0.325. The number of rotatable bonds is 7. The molecule has 0 atom stereocenters. The summed E-state index contributed by atoms with van der Waals surface area (Å²) in [4.78, 5) is 16.1. The highest BCUT2D eigenvalue weighted by Crippen LogP contribution is 2.22. The predicted octanol–water partition coefficient (Wildman–Crippen LogP) is 3.81. The van der Waals surface area contributed by atoms with Crippen molar-refractivity contribution in [3.63, 3.8) is 0 Å². The molecular formula is C17H28ClIN4O. The van der Waals surface area contributed by atoms with Crippen LogP contribution in [0.2, 0.25) is 5.02 Å². The average Bonchev–Trinajstić information content (AvgIpc) is 2.48. The Labute approximate surface area is 167 Å². The Hall–Kier alpha value is -1.02. The smallest absolute Gasteiger partial charge is 0.226 e. The molecule has 0 aliphatic heterocycles. The van der Waals surface area contributed by atoms with Crippen LogP contribution in [0, 0.1) is 12.8 Å². The zero-order valence-corrected chi connectivity index (χ0v) is 17.9.